The fraction of sp³-hybridized carbons (Fsp3) is 0.355. The van der Waals surface area contributed by atoms with E-state index in [-0.39, 0.29) is 25.5 Å². The number of rotatable bonds is 9. The zero-order valence-corrected chi connectivity index (χ0v) is 22.6. The van der Waals surface area contributed by atoms with E-state index in [0.717, 1.165) is 22.3 Å². The van der Waals surface area contributed by atoms with Gasteiger partial charge in [-0.1, -0.05) is 54.6 Å². The van der Waals surface area contributed by atoms with Gasteiger partial charge in [0.1, 0.15) is 17.6 Å². The largest absolute Gasteiger partial charge is 0.483 e. The minimum Gasteiger partial charge on any atom is -0.483 e. The van der Waals surface area contributed by atoms with Crippen LogP contribution in [0.3, 0.4) is 0 Å². The summed E-state index contributed by atoms with van der Waals surface area (Å²) in [6.45, 7) is 11.2. The van der Waals surface area contributed by atoms with E-state index in [0.29, 0.717) is 11.3 Å². The van der Waals surface area contributed by atoms with Crippen LogP contribution in [0.4, 0.5) is 4.39 Å². The van der Waals surface area contributed by atoms with Crippen molar-refractivity contribution in [1.82, 2.24) is 10.2 Å². The average Bonchev–Trinajstić information content (AvgIpc) is 2.83. The second-order valence-corrected chi connectivity index (χ2v) is 10.6. The highest BCUT2D eigenvalue weighted by atomic mass is 19.1. The molecule has 3 aromatic carbocycles. The Morgan fingerprint density at radius 1 is 0.973 bits per heavy atom. The lowest BCUT2D eigenvalue weighted by atomic mass is 10.0. The van der Waals surface area contributed by atoms with Gasteiger partial charge >= 0.3 is 0 Å². The Balaban J connectivity index is 1.97. The van der Waals surface area contributed by atoms with Crippen LogP contribution in [-0.4, -0.2) is 34.9 Å². The predicted molar refractivity (Wildman–Crippen MR) is 145 cm³/mol. The summed E-state index contributed by atoms with van der Waals surface area (Å²) >= 11 is 0. The summed E-state index contributed by atoms with van der Waals surface area (Å²) in [5, 5.41) is 3.01. The van der Waals surface area contributed by atoms with Crippen LogP contribution >= 0.6 is 0 Å². The maximum Gasteiger partial charge on any atom is 0.261 e. The minimum absolute atomic E-state index is 0.0598. The Kier molecular flexibility index (Phi) is 9.09. The van der Waals surface area contributed by atoms with Crippen molar-refractivity contribution in [3.63, 3.8) is 0 Å². The Labute approximate surface area is 219 Å². The summed E-state index contributed by atoms with van der Waals surface area (Å²) in [5.74, 6) is -0.507. The van der Waals surface area contributed by atoms with E-state index < -0.39 is 23.3 Å². The fourth-order valence-electron chi connectivity index (χ4n) is 4.19. The first-order valence-corrected chi connectivity index (χ1v) is 12.5. The molecule has 0 spiro atoms. The molecule has 0 aromatic heterocycles. The molecule has 0 heterocycles. The van der Waals surface area contributed by atoms with E-state index in [2.05, 4.69) is 11.4 Å². The number of ether oxygens (including phenoxy) is 1. The van der Waals surface area contributed by atoms with E-state index in [9.17, 15) is 14.0 Å². The zero-order chi connectivity index (χ0) is 27.2. The summed E-state index contributed by atoms with van der Waals surface area (Å²) in [6.07, 6.45) is 0.283. The highest BCUT2D eigenvalue weighted by Gasteiger charge is 2.33. The third kappa shape index (κ3) is 7.91. The average molecular weight is 505 g/mol. The molecule has 3 aromatic rings. The molecule has 1 atom stereocenters. The van der Waals surface area contributed by atoms with Crippen LogP contribution in [0.5, 0.6) is 5.75 Å². The number of nitrogens with one attached hydrogen (secondary N) is 1. The smallest absolute Gasteiger partial charge is 0.261 e. The summed E-state index contributed by atoms with van der Waals surface area (Å²) < 4.78 is 20.7. The number of nitrogens with zero attached hydrogens (tertiary/aromatic N) is 1. The molecule has 0 aliphatic rings. The molecule has 196 valence electrons. The molecule has 0 aliphatic heterocycles. The Hall–Kier alpha value is -3.67. The lowest BCUT2D eigenvalue weighted by Crippen LogP contribution is -2.55. The van der Waals surface area contributed by atoms with Gasteiger partial charge in [-0.25, -0.2) is 4.39 Å². The topological polar surface area (TPSA) is 58.6 Å². The van der Waals surface area contributed by atoms with Crippen LogP contribution in [-0.2, 0) is 22.6 Å². The van der Waals surface area contributed by atoms with Crippen molar-refractivity contribution in [2.75, 3.05) is 6.61 Å². The van der Waals surface area contributed by atoms with Gasteiger partial charge in [0.25, 0.3) is 5.91 Å². The molecule has 5 nitrogen and oxygen atoms in total. The van der Waals surface area contributed by atoms with Crippen LogP contribution in [0.15, 0.2) is 66.7 Å². The number of hydrogen-bond donors (Lipinski definition) is 1. The lowest BCUT2D eigenvalue weighted by molar-refractivity contribution is -0.143. The SMILES string of the molecule is Cc1cc(C)c(C)c(OCC(=O)N(Cc2ccccc2F)C(Cc2ccccc2)C(=O)NC(C)(C)C)c1. The molecule has 3 rings (SSSR count). The molecule has 1 N–H and O–H groups in total. The first-order chi connectivity index (χ1) is 17.4. The first kappa shape index (κ1) is 27.9. The second-order valence-electron chi connectivity index (χ2n) is 10.6. The van der Waals surface area contributed by atoms with Crippen molar-refractivity contribution in [2.24, 2.45) is 0 Å². The first-order valence-electron chi connectivity index (χ1n) is 12.5. The summed E-state index contributed by atoms with van der Waals surface area (Å²) in [4.78, 5) is 28.7. The van der Waals surface area contributed by atoms with Gasteiger partial charge in [0.2, 0.25) is 5.91 Å². The quantitative estimate of drug-likeness (QED) is 0.408. The van der Waals surface area contributed by atoms with Crippen molar-refractivity contribution in [3.8, 4) is 5.75 Å². The van der Waals surface area contributed by atoms with E-state index in [1.165, 1.54) is 11.0 Å². The van der Waals surface area contributed by atoms with Gasteiger partial charge in [0, 0.05) is 24.1 Å². The molecular formula is C31H37FN2O3. The van der Waals surface area contributed by atoms with E-state index >= 15 is 0 Å². The molecule has 0 saturated heterocycles. The molecule has 37 heavy (non-hydrogen) atoms. The molecule has 0 radical (unpaired) electrons. The third-order valence-corrected chi connectivity index (χ3v) is 6.18. The highest BCUT2D eigenvalue weighted by Crippen LogP contribution is 2.24. The van der Waals surface area contributed by atoms with E-state index in [1.54, 1.807) is 18.2 Å². The summed E-state index contributed by atoms with van der Waals surface area (Å²) in [7, 11) is 0. The van der Waals surface area contributed by atoms with E-state index in [4.69, 9.17) is 4.74 Å². The van der Waals surface area contributed by atoms with Gasteiger partial charge in [0.05, 0.1) is 0 Å². The molecule has 6 heteroatoms. The third-order valence-electron chi connectivity index (χ3n) is 6.18. The van der Waals surface area contributed by atoms with Crippen molar-refractivity contribution in [3.05, 3.63) is 100 Å². The monoisotopic (exact) mass is 504 g/mol. The van der Waals surface area contributed by atoms with E-state index in [1.807, 2.05) is 77.9 Å². The van der Waals surface area contributed by atoms with Gasteiger partial charge in [-0.2, -0.15) is 0 Å². The van der Waals surface area contributed by atoms with Crippen LogP contribution in [0.25, 0.3) is 0 Å². The summed E-state index contributed by atoms with van der Waals surface area (Å²) in [5.41, 5.74) is 3.77. The van der Waals surface area contributed by atoms with Gasteiger partial charge < -0.3 is 15.0 Å². The number of hydrogen-bond acceptors (Lipinski definition) is 3. The molecule has 2 amide bonds. The number of carbonyl (C=O) groups is 2. The van der Waals surface area contributed by atoms with Gasteiger partial charge in [0.15, 0.2) is 6.61 Å². The van der Waals surface area contributed by atoms with Crippen molar-refractivity contribution in [2.45, 2.75) is 66.1 Å². The van der Waals surface area contributed by atoms with Crippen LogP contribution < -0.4 is 10.1 Å². The van der Waals surface area contributed by atoms with Crippen LogP contribution in [0.2, 0.25) is 0 Å². The number of benzene rings is 3. The zero-order valence-electron chi connectivity index (χ0n) is 22.6. The van der Waals surface area contributed by atoms with Crippen molar-refractivity contribution in [1.29, 1.82) is 0 Å². The number of halogens is 1. The van der Waals surface area contributed by atoms with Crippen molar-refractivity contribution < 1.29 is 18.7 Å². The molecule has 0 aliphatic carbocycles. The molecule has 1 unspecified atom stereocenters. The maximum absolute atomic E-state index is 14.7. The van der Waals surface area contributed by atoms with Crippen LogP contribution in [0.1, 0.15) is 48.6 Å². The predicted octanol–water partition coefficient (Wildman–Crippen LogP) is 5.68. The van der Waals surface area contributed by atoms with Gasteiger partial charge in [-0.05, 0) is 75.9 Å². The molecule has 0 bridgehead atoms. The van der Waals surface area contributed by atoms with Crippen molar-refractivity contribution >= 4 is 11.8 Å². The summed E-state index contributed by atoms with van der Waals surface area (Å²) in [6, 6.07) is 18.9. The Morgan fingerprint density at radius 2 is 1.62 bits per heavy atom. The maximum atomic E-state index is 14.7. The second kappa shape index (κ2) is 12.0. The number of carbonyl (C=O) groups excluding carboxylic acids is 2. The van der Waals surface area contributed by atoms with Crippen LogP contribution in [0, 0.1) is 26.6 Å². The molecule has 0 saturated carbocycles. The highest BCUT2D eigenvalue weighted by molar-refractivity contribution is 5.89. The fourth-order valence-corrected chi connectivity index (χ4v) is 4.19. The Morgan fingerprint density at radius 3 is 2.27 bits per heavy atom. The molecular weight excluding hydrogens is 467 g/mol. The minimum atomic E-state index is -0.863. The van der Waals surface area contributed by atoms with Gasteiger partial charge in [-0.3, -0.25) is 9.59 Å². The number of aryl methyl sites for hydroxylation is 2. The Bertz CT molecular complexity index is 1230. The molecule has 0 fully saturated rings. The lowest BCUT2D eigenvalue weighted by Gasteiger charge is -2.34. The number of amides is 2. The van der Waals surface area contributed by atoms with Gasteiger partial charge in [-0.15, -0.1) is 0 Å². The standard InChI is InChI=1S/C31H37FN2O3/c1-21-16-22(2)23(3)28(17-21)37-20-29(35)34(19-25-14-10-11-15-26(25)32)27(30(36)33-31(4,5)6)18-24-12-8-7-9-13-24/h7-17,27H,18-20H2,1-6H3,(H,33,36). The normalized spacial score (nSPS) is 12.1.